The predicted molar refractivity (Wildman–Crippen MR) is 355 cm³/mol. The third-order valence-corrected chi connectivity index (χ3v) is 14.6. The van der Waals surface area contributed by atoms with Crippen LogP contribution in [0.15, 0.2) is 0 Å². The van der Waals surface area contributed by atoms with E-state index in [0.29, 0.717) is 224 Å². The van der Waals surface area contributed by atoms with Gasteiger partial charge in [-0.25, -0.2) is 0 Å². The minimum atomic E-state index is 0. The average Bonchev–Trinajstić information content (AvgIpc) is 3.75. The standard InChI is InChI=1S/C66H133N7O18.Gd/c1-6-71(31-33-72(7-2)61-65(76)67-27-23-19-15-11-9-13-17-21-25-63(74)69-29-35-80-41-43-84-49-51-88-57-59-90-55-53-86-47-45-82-39-37-78-4)32-34-73(8-3)62-66(77)68-28-24-20-16-12-10-14-18-22-26-64(75)70-30-36-81-42-44-85-50-52-89-58-60-91-56-54-87-48-46-83-40-38-79-5;/h6-62H2,1-5H3,(H,67,76)(H,68,77)(H,69,74)(H,70,75);/q;+3. The van der Waals surface area contributed by atoms with Gasteiger partial charge in [-0.1, -0.05) is 97.8 Å². The van der Waals surface area contributed by atoms with Gasteiger partial charge in [-0.2, -0.15) is 0 Å². The summed E-state index contributed by atoms with van der Waals surface area (Å²) >= 11 is 0. The van der Waals surface area contributed by atoms with Gasteiger partial charge in [0.2, 0.25) is 23.6 Å². The summed E-state index contributed by atoms with van der Waals surface area (Å²) in [5.74, 6) is 0.304. The van der Waals surface area contributed by atoms with E-state index in [-0.39, 0.29) is 63.6 Å². The largest absolute Gasteiger partial charge is 3.00 e. The van der Waals surface area contributed by atoms with Crippen LogP contribution in [0.4, 0.5) is 0 Å². The Labute approximate surface area is 588 Å². The number of methoxy groups -OCH3 is 2. The Bertz CT molecular complexity index is 1440. The van der Waals surface area contributed by atoms with Crippen LogP contribution in [0.5, 0.6) is 0 Å². The van der Waals surface area contributed by atoms with Crippen molar-refractivity contribution in [3.8, 4) is 0 Å². The Kier molecular flexibility index (Phi) is 79.0. The number of rotatable bonds is 77. The van der Waals surface area contributed by atoms with Crippen LogP contribution in [0, 0.1) is 39.9 Å². The number of nitrogens with one attached hydrogen (secondary N) is 4. The zero-order valence-corrected chi connectivity index (χ0v) is 60.6. The third kappa shape index (κ3) is 72.8. The molecule has 0 aromatic carbocycles. The molecule has 0 bridgehead atoms. The fourth-order valence-corrected chi connectivity index (χ4v) is 9.00. The SMILES string of the molecule is CCN(CCN(CC)CC(=O)NCCCCCCCCCCC(=O)NCCOCCOCCOCCOCCOCCOCCOC)CCN(CC)CC(=O)NCCCCCCCCCCC(=O)NCCOCCOCCOCCOCCOCCOCCOC.[Gd+3]. The summed E-state index contributed by atoms with van der Waals surface area (Å²) in [7, 11) is 3.29. The minimum Gasteiger partial charge on any atom is -0.382 e. The summed E-state index contributed by atoms with van der Waals surface area (Å²) in [6.45, 7) is 28.8. The Morgan fingerprint density at radius 3 is 0.707 bits per heavy atom. The van der Waals surface area contributed by atoms with Gasteiger partial charge in [-0.05, 0) is 45.3 Å². The maximum Gasteiger partial charge on any atom is 3.00 e. The van der Waals surface area contributed by atoms with Gasteiger partial charge in [-0.3, -0.25) is 29.0 Å². The van der Waals surface area contributed by atoms with Gasteiger partial charge < -0.3 is 92.5 Å². The van der Waals surface area contributed by atoms with E-state index in [1.165, 1.54) is 25.7 Å². The van der Waals surface area contributed by atoms with E-state index in [2.05, 4.69) is 56.7 Å². The summed E-state index contributed by atoms with van der Waals surface area (Å²) < 4.78 is 75.4. The number of amides is 4. The van der Waals surface area contributed by atoms with Gasteiger partial charge in [0, 0.05) is 79.4 Å². The van der Waals surface area contributed by atoms with Crippen molar-refractivity contribution in [1.82, 2.24) is 36.0 Å². The summed E-state index contributed by atoms with van der Waals surface area (Å²) in [6.07, 6.45) is 18.4. The number of carbonyl (C=O) groups excluding carboxylic acids is 4. The van der Waals surface area contributed by atoms with Gasteiger partial charge in [0.15, 0.2) is 0 Å². The van der Waals surface area contributed by atoms with Gasteiger partial charge in [0.1, 0.15) is 0 Å². The van der Waals surface area contributed by atoms with Crippen LogP contribution >= 0.6 is 0 Å². The fraction of sp³-hybridized carbons (Fsp3) is 0.939. The molecule has 0 aliphatic carbocycles. The summed E-state index contributed by atoms with van der Waals surface area (Å²) in [5.41, 5.74) is 0. The van der Waals surface area contributed by atoms with Gasteiger partial charge in [0.05, 0.1) is 185 Å². The molecule has 0 aliphatic rings. The van der Waals surface area contributed by atoms with Crippen molar-refractivity contribution in [2.45, 2.75) is 136 Å². The van der Waals surface area contributed by atoms with Crippen molar-refractivity contribution in [3.05, 3.63) is 0 Å². The maximum absolute atomic E-state index is 12.8. The molecule has 0 rings (SSSR count). The molecule has 4 amide bonds. The number of nitrogens with zero attached hydrogens (tertiary/aromatic N) is 3. The first-order valence-corrected chi connectivity index (χ1v) is 34.9. The van der Waals surface area contributed by atoms with E-state index in [0.717, 1.165) is 123 Å². The van der Waals surface area contributed by atoms with Gasteiger partial charge >= 0.3 is 39.9 Å². The van der Waals surface area contributed by atoms with Crippen LogP contribution in [0.1, 0.15) is 136 Å². The molecule has 545 valence electrons. The first-order valence-electron chi connectivity index (χ1n) is 34.9. The molecule has 92 heavy (non-hydrogen) atoms. The minimum absolute atomic E-state index is 0. The number of hydrogen-bond donors (Lipinski definition) is 4. The molecule has 0 spiro atoms. The molecule has 25 nitrogen and oxygen atoms in total. The Morgan fingerprint density at radius 1 is 0.250 bits per heavy atom. The van der Waals surface area contributed by atoms with Crippen LogP contribution in [-0.2, 0) is 85.5 Å². The van der Waals surface area contributed by atoms with Crippen molar-refractivity contribution in [1.29, 1.82) is 0 Å². The van der Waals surface area contributed by atoms with E-state index in [1.54, 1.807) is 14.2 Å². The van der Waals surface area contributed by atoms with E-state index in [9.17, 15) is 19.2 Å². The normalized spacial score (nSPS) is 11.5. The molecule has 0 heterocycles. The van der Waals surface area contributed by atoms with E-state index in [4.69, 9.17) is 66.3 Å². The number of hydrogen-bond acceptors (Lipinski definition) is 21. The number of likely N-dealkylation sites (N-methyl/N-ethyl adjacent to an activating group) is 3. The van der Waals surface area contributed by atoms with Crippen molar-refractivity contribution in [3.63, 3.8) is 0 Å². The maximum atomic E-state index is 12.8. The molecular weight excluding hydrogens is 1340 g/mol. The third-order valence-electron chi connectivity index (χ3n) is 14.6. The zero-order valence-electron chi connectivity index (χ0n) is 58.3. The van der Waals surface area contributed by atoms with Crippen molar-refractivity contribution in [2.24, 2.45) is 0 Å². The molecule has 4 N–H and O–H groups in total. The van der Waals surface area contributed by atoms with Gasteiger partial charge in [-0.15, -0.1) is 0 Å². The van der Waals surface area contributed by atoms with E-state index < -0.39 is 0 Å². The Hall–Kier alpha value is -1.48. The van der Waals surface area contributed by atoms with Gasteiger partial charge in [0.25, 0.3) is 0 Å². The predicted octanol–water partition coefficient (Wildman–Crippen LogP) is 4.93. The van der Waals surface area contributed by atoms with Crippen molar-refractivity contribution >= 4 is 23.6 Å². The number of ether oxygens (including phenoxy) is 14. The second-order valence-corrected chi connectivity index (χ2v) is 22.1. The summed E-state index contributed by atoms with van der Waals surface area (Å²) in [6, 6.07) is 0. The molecule has 0 aliphatic heterocycles. The molecule has 0 aromatic rings. The van der Waals surface area contributed by atoms with Crippen molar-refractivity contribution in [2.75, 3.05) is 271 Å². The Morgan fingerprint density at radius 2 is 0.457 bits per heavy atom. The van der Waals surface area contributed by atoms with Crippen LogP contribution in [0.3, 0.4) is 0 Å². The molecule has 0 aromatic heterocycles. The van der Waals surface area contributed by atoms with Crippen LogP contribution in [0.2, 0.25) is 0 Å². The second-order valence-electron chi connectivity index (χ2n) is 22.1. The smallest absolute Gasteiger partial charge is 0.382 e. The average molecular weight is 1470 g/mol. The topological polar surface area (TPSA) is 255 Å². The number of carbonyl (C=O) groups is 4. The first kappa shape index (κ1) is 92.6. The molecule has 1 radical (unpaired) electrons. The first-order chi connectivity index (χ1) is 44.8. The monoisotopic (exact) mass is 1470 g/mol. The molecule has 0 unspecified atom stereocenters. The molecular formula is C66H133GdN7O18+3. The molecule has 0 atom stereocenters. The second kappa shape index (κ2) is 78.5. The molecule has 0 saturated heterocycles. The zero-order chi connectivity index (χ0) is 66.1. The molecule has 26 heteroatoms. The van der Waals surface area contributed by atoms with Crippen LogP contribution in [0.25, 0.3) is 0 Å². The van der Waals surface area contributed by atoms with E-state index >= 15 is 0 Å². The Balaban J connectivity index is 0. The molecule has 0 saturated carbocycles. The van der Waals surface area contributed by atoms with Crippen LogP contribution in [-0.4, -0.2) is 309 Å². The number of unbranched alkanes of at least 4 members (excludes halogenated alkanes) is 14. The van der Waals surface area contributed by atoms with E-state index in [1.807, 2.05) is 0 Å². The molecule has 0 fully saturated rings. The quantitative estimate of drug-likeness (QED) is 0.0589. The summed E-state index contributed by atoms with van der Waals surface area (Å²) in [4.78, 5) is 56.8. The summed E-state index contributed by atoms with van der Waals surface area (Å²) in [5, 5.41) is 12.1. The van der Waals surface area contributed by atoms with Crippen LogP contribution < -0.4 is 21.3 Å². The van der Waals surface area contributed by atoms with Crippen molar-refractivity contribution < 1.29 is 125 Å². The fourth-order valence-electron chi connectivity index (χ4n) is 9.00.